The highest BCUT2D eigenvalue weighted by molar-refractivity contribution is 7.09. The Morgan fingerprint density at radius 1 is 1.48 bits per heavy atom. The molecule has 0 bridgehead atoms. The van der Waals surface area contributed by atoms with E-state index in [1.165, 1.54) is 0 Å². The Morgan fingerprint density at radius 2 is 2.19 bits per heavy atom. The van der Waals surface area contributed by atoms with Gasteiger partial charge in [0.25, 0.3) is 11.5 Å². The van der Waals surface area contributed by atoms with Gasteiger partial charge in [-0.3, -0.25) is 14.0 Å². The predicted octanol–water partition coefficient (Wildman–Crippen LogP) is 2.87. The molecule has 0 aliphatic carbocycles. The number of aromatic amines is 1. The summed E-state index contributed by atoms with van der Waals surface area (Å²) in [5.74, 6) is 0.269. The molecule has 0 aromatic carbocycles. The van der Waals surface area contributed by atoms with Gasteiger partial charge in [0.05, 0.1) is 5.01 Å². The number of nitrogens with one attached hydrogen (secondary N) is 1. The van der Waals surface area contributed by atoms with E-state index in [2.05, 4.69) is 14.7 Å². The van der Waals surface area contributed by atoms with E-state index < -0.39 is 5.56 Å². The van der Waals surface area contributed by atoms with Crippen molar-refractivity contribution in [3.05, 3.63) is 36.3 Å². The summed E-state index contributed by atoms with van der Waals surface area (Å²) in [7, 11) is 0. The molecule has 21 heavy (non-hydrogen) atoms. The van der Waals surface area contributed by atoms with E-state index in [-0.39, 0.29) is 10.9 Å². The van der Waals surface area contributed by atoms with E-state index in [1.54, 1.807) is 16.2 Å². The van der Waals surface area contributed by atoms with Crippen LogP contribution in [0.1, 0.15) is 39.1 Å². The highest BCUT2D eigenvalue weighted by Gasteiger charge is 2.28. The fourth-order valence-electron chi connectivity index (χ4n) is 2.46. The predicted molar refractivity (Wildman–Crippen MR) is 84.7 cm³/mol. The normalized spacial score (nSPS) is 16.4. The maximum Gasteiger partial charge on any atom is 0.277 e. The Morgan fingerprint density at radius 3 is 2.71 bits per heavy atom. The third kappa shape index (κ3) is 2.90. The molecule has 1 fully saturated rings. The Bertz CT molecular complexity index is 713. The number of halogens is 1. The molecule has 3 heterocycles. The Balaban J connectivity index is 1.67. The van der Waals surface area contributed by atoms with Crippen LogP contribution in [0.5, 0.6) is 0 Å². The van der Waals surface area contributed by atoms with E-state index >= 15 is 0 Å². The van der Waals surface area contributed by atoms with Crippen LogP contribution in [0.15, 0.2) is 10.2 Å². The fraction of sp³-hybridized carbons (Fsp3) is 0.462. The molecular formula is C13H14ClN3O2S2. The van der Waals surface area contributed by atoms with Crippen LogP contribution in [-0.2, 0) is 0 Å². The summed E-state index contributed by atoms with van der Waals surface area (Å²) in [6.07, 6.45) is 1.80. The van der Waals surface area contributed by atoms with Gasteiger partial charge in [-0.1, -0.05) is 23.1 Å². The number of thiazole rings is 1. The smallest absolute Gasteiger partial charge is 0.277 e. The molecule has 0 unspecified atom stereocenters. The number of hydrogen-bond donors (Lipinski definition) is 1. The summed E-state index contributed by atoms with van der Waals surface area (Å²) >= 11 is 8.56. The van der Waals surface area contributed by atoms with Gasteiger partial charge >= 0.3 is 0 Å². The highest BCUT2D eigenvalue weighted by Crippen LogP contribution is 2.31. The van der Waals surface area contributed by atoms with Crippen LogP contribution in [0, 0.1) is 6.92 Å². The monoisotopic (exact) mass is 343 g/mol. The third-order valence-electron chi connectivity index (χ3n) is 3.61. The first-order valence-electron chi connectivity index (χ1n) is 6.64. The second-order valence-electron chi connectivity index (χ2n) is 5.07. The maximum atomic E-state index is 12.4. The number of H-pyrrole nitrogens is 1. The fourth-order valence-corrected chi connectivity index (χ4v) is 4.42. The molecule has 112 valence electrons. The van der Waals surface area contributed by atoms with Crippen LogP contribution >= 0.6 is 34.5 Å². The van der Waals surface area contributed by atoms with Gasteiger partial charge < -0.3 is 4.90 Å². The van der Waals surface area contributed by atoms with Crippen molar-refractivity contribution in [2.24, 2.45) is 0 Å². The minimum atomic E-state index is -0.391. The third-order valence-corrected chi connectivity index (χ3v) is 6.08. The first kappa shape index (κ1) is 14.7. The Labute approximate surface area is 134 Å². The average molecular weight is 344 g/mol. The van der Waals surface area contributed by atoms with E-state index in [1.807, 2.05) is 6.92 Å². The minimum absolute atomic E-state index is 0.00247. The highest BCUT2D eigenvalue weighted by atomic mass is 35.5. The van der Waals surface area contributed by atoms with Crippen LogP contribution in [0.25, 0.3) is 0 Å². The van der Waals surface area contributed by atoms with Gasteiger partial charge in [-0.15, -0.1) is 11.3 Å². The molecule has 0 spiro atoms. The number of amides is 1. The van der Waals surface area contributed by atoms with Crippen molar-refractivity contribution in [1.82, 2.24) is 14.3 Å². The first-order valence-corrected chi connectivity index (χ1v) is 8.72. The van der Waals surface area contributed by atoms with Crippen LogP contribution in [-0.4, -0.2) is 33.3 Å². The van der Waals surface area contributed by atoms with Crippen molar-refractivity contribution in [1.29, 1.82) is 0 Å². The van der Waals surface area contributed by atoms with Gasteiger partial charge in [0.15, 0.2) is 0 Å². The van der Waals surface area contributed by atoms with Crippen molar-refractivity contribution in [3.8, 4) is 0 Å². The molecule has 5 nitrogen and oxygen atoms in total. The van der Waals surface area contributed by atoms with E-state index in [4.69, 9.17) is 11.6 Å². The summed E-state index contributed by atoms with van der Waals surface area (Å²) in [5, 5.41) is 3.22. The number of nitrogens with zero attached hydrogens (tertiary/aromatic N) is 2. The topological polar surface area (TPSA) is 66.1 Å². The number of piperidine rings is 1. The molecule has 1 N–H and O–H groups in total. The van der Waals surface area contributed by atoms with Crippen molar-refractivity contribution in [3.63, 3.8) is 0 Å². The number of rotatable bonds is 2. The van der Waals surface area contributed by atoms with Gasteiger partial charge in [-0.2, -0.15) is 0 Å². The van der Waals surface area contributed by atoms with Crippen LogP contribution < -0.4 is 5.56 Å². The molecule has 1 saturated heterocycles. The molecule has 8 heteroatoms. The van der Waals surface area contributed by atoms with Crippen molar-refractivity contribution in [2.45, 2.75) is 25.7 Å². The summed E-state index contributed by atoms with van der Waals surface area (Å²) in [6, 6.07) is 0. The summed E-state index contributed by atoms with van der Waals surface area (Å²) in [4.78, 5) is 30.3. The molecule has 1 amide bonds. The summed E-state index contributed by atoms with van der Waals surface area (Å²) in [6.45, 7) is 3.34. The zero-order chi connectivity index (χ0) is 15.0. The Kier molecular flexibility index (Phi) is 4.14. The average Bonchev–Trinajstić information content (AvgIpc) is 3.06. The van der Waals surface area contributed by atoms with Gasteiger partial charge in [0, 0.05) is 30.1 Å². The minimum Gasteiger partial charge on any atom is -0.338 e. The molecule has 3 rings (SSSR count). The lowest BCUT2D eigenvalue weighted by Gasteiger charge is -2.30. The van der Waals surface area contributed by atoms with Gasteiger partial charge in [0.2, 0.25) is 0 Å². The van der Waals surface area contributed by atoms with Gasteiger partial charge in [-0.25, -0.2) is 4.98 Å². The van der Waals surface area contributed by atoms with E-state index in [0.29, 0.717) is 23.9 Å². The van der Waals surface area contributed by atoms with Crippen LogP contribution in [0.3, 0.4) is 0 Å². The zero-order valence-electron chi connectivity index (χ0n) is 11.4. The SMILES string of the molecule is Cc1csc(C2CCN(C(=O)c3s[nH]c(=O)c3Cl)CC2)n1. The molecule has 0 saturated carbocycles. The molecule has 1 aliphatic heterocycles. The number of aryl methyl sites for hydroxylation is 1. The lowest BCUT2D eigenvalue weighted by atomic mass is 9.97. The molecular weight excluding hydrogens is 330 g/mol. The van der Waals surface area contributed by atoms with Crippen molar-refractivity contribution in [2.75, 3.05) is 13.1 Å². The largest absolute Gasteiger partial charge is 0.338 e. The van der Waals surface area contributed by atoms with Crippen LogP contribution in [0.2, 0.25) is 5.02 Å². The number of carbonyl (C=O) groups excluding carboxylic acids is 1. The summed E-state index contributed by atoms with van der Waals surface area (Å²) < 4.78 is 2.49. The zero-order valence-corrected chi connectivity index (χ0v) is 13.8. The second-order valence-corrected chi connectivity index (χ2v) is 7.15. The maximum absolute atomic E-state index is 12.4. The number of hydrogen-bond acceptors (Lipinski definition) is 5. The quantitative estimate of drug-likeness (QED) is 0.911. The lowest BCUT2D eigenvalue weighted by Crippen LogP contribution is -2.37. The van der Waals surface area contributed by atoms with Crippen LogP contribution in [0.4, 0.5) is 0 Å². The molecule has 0 radical (unpaired) electrons. The molecule has 2 aromatic rings. The first-order chi connectivity index (χ1) is 10.1. The Hall–Kier alpha value is -1.18. The number of carbonyl (C=O) groups is 1. The van der Waals surface area contributed by atoms with E-state index in [0.717, 1.165) is 35.1 Å². The van der Waals surface area contributed by atoms with Gasteiger partial charge in [0.1, 0.15) is 9.90 Å². The van der Waals surface area contributed by atoms with Crippen molar-refractivity contribution < 1.29 is 4.79 Å². The lowest BCUT2D eigenvalue weighted by molar-refractivity contribution is 0.0718. The molecule has 2 aromatic heterocycles. The second kappa shape index (κ2) is 5.90. The standard InChI is InChI=1S/C13H14ClN3O2S2/c1-7-6-20-12(15-7)8-2-4-17(5-3-8)13(19)10-9(14)11(18)16-21-10/h6,8H,2-5H2,1H3,(H,16,18). The van der Waals surface area contributed by atoms with E-state index in [9.17, 15) is 9.59 Å². The number of likely N-dealkylation sites (tertiary alicyclic amines) is 1. The van der Waals surface area contributed by atoms with Gasteiger partial charge in [-0.05, 0) is 19.8 Å². The summed E-state index contributed by atoms with van der Waals surface area (Å²) in [5.41, 5.74) is 0.663. The molecule has 0 atom stereocenters. The number of aromatic nitrogens is 2. The van der Waals surface area contributed by atoms with Crippen molar-refractivity contribution >= 4 is 40.4 Å². The molecule has 1 aliphatic rings.